The molecule has 2 atom stereocenters. The Labute approximate surface area is 180 Å². The molecule has 1 N–H and O–H groups in total. The summed E-state index contributed by atoms with van der Waals surface area (Å²) in [6.45, 7) is 10.4. The first-order valence-corrected chi connectivity index (χ1v) is 10.4. The molecule has 3 heteroatoms. The molecule has 3 aromatic rings. The van der Waals surface area contributed by atoms with Gasteiger partial charge in [-0.3, -0.25) is 4.79 Å². The first kappa shape index (κ1) is 21.6. The fourth-order valence-electron chi connectivity index (χ4n) is 3.31. The van der Waals surface area contributed by atoms with Gasteiger partial charge < -0.3 is 10.1 Å². The van der Waals surface area contributed by atoms with Crippen LogP contribution in [0.15, 0.2) is 78.9 Å². The molecule has 3 aromatic carbocycles. The maximum atomic E-state index is 13.0. The van der Waals surface area contributed by atoms with Crippen LogP contribution in [-0.4, -0.2) is 12.0 Å². The number of carbonyl (C=O) groups excluding carboxylic acids is 1. The Morgan fingerprint density at radius 2 is 1.40 bits per heavy atom. The summed E-state index contributed by atoms with van der Waals surface area (Å²) in [5, 5.41) is 3.16. The van der Waals surface area contributed by atoms with Crippen molar-refractivity contribution in [2.24, 2.45) is 0 Å². The zero-order chi connectivity index (χ0) is 21.7. The number of carbonyl (C=O) groups is 1. The predicted octanol–water partition coefficient (Wildman–Crippen LogP) is 5.97. The average Bonchev–Trinajstić information content (AvgIpc) is 2.73. The van der Waals surface area contributed by atoms with Crippen LogP contribution in [-0.2, 0) is 10.2 Å². The molecule has 0 aliphatic carbocycles. The third-order valence-electron chi connectivity index (χ3n) is 5.23. The zero-order valence-electron chi connectivity index (χ0n) is 18.5. The lowest BCUT2D eigenvalue weighted by Gasteiger charge is -2.23. The second-order valence-corrected chi connectivity index (χ2v) is 8.80. The van der Waals surface area contributed by atoms with E-state index in [4.69, 9.17) is 4.74 Å². The number of benzene rings is 3. The first-order valence-electron chi connectivity index (χ1n) is 10.4. The van der Waals surface area contributed by atoms with Gasteiger partial charge in [-0.25, -0.2) is 0 Å². The van der Waals surface area contributed by atoms with Crippen molar-refractivity contribution in [1.29, 1.82) is 0 Å². The van der Waals surface area contributed by atoms with Crippen LogP contribution in [0.1, 0.15) is 56.0 Å². The number of amides is 1. The molecule has 1 amide bonds. The molecule has 0 aliphatic rings. The summed E-state index contributed by atoms with van der Waals surface area (Å²) in [6.07, 6.45) is -0.609. The molecular weight excluding hydrogens is 370 g/mol. The molecule has 0 fully saturated rings. The van der Waals surface area contributed by atoms with Crippen molar-refractivity contribution in [2.75, 3.05) is 0 Å². The molecule has 30 heavy (non-hydrogen) atoms. The van der Waals surface area contributed by atoms with Crippen molar-refractivity contribution in [3.05, 3.63) is 101 Å². The number of rotatable bonds is 6. The van der Waals surface area contributed by atoms with Gasteiger partial charge in [0, 0.05) is 0 Å². The molecule has 156 valence electrons. The van der Waals surface area contributed by atoms with E-state index in [2.05, 4.69) is 69.4 Å². The predicted molar refractivity (Wildman–Crippen MR) is 123 cm³/mol. The highest BCUT2D eigenvalue weighted by Gasteiger charge is 2.22. The Balaban J connectivity index is 1.74. The molecule has 3 rings (SSSR count). The summed E-state index contributed by atoms with van der Waals surface area (Å²) in [4.78, 5) is 13.0. The molecule has 0 aromatic heterocycles. The molecule has 0 aliphatic heterocycles. The van der Waals surface area contributed by atoms with Gasteiger partial charge in [-0.15, -0.1) is 0 Å². The number of hydrogen-bond donors (Lipinski definition) is 1. The topological polar surface area (TPSA) is 38.3 Å². The monoisotopic (exact) mass is 401 g/mol. The van der Waals surface area contributed by atoms with Gasteiger partial charge in [0.05, 0.1) is 6.04 Å². The molecule has 0 bridgehead atoms. The van der Waals surface area contributed by atoms with Crippen molar-refractivity contribution in [3.8, 4) is 5.75 Å². The van der Waals surface area contributed by atoms with Crippen LogP contribution in [0, 0.1) is 6.92 Å². The van der Waals surface area contributed by atoms with Crippen LogP contribution >= 0.6 is 0 Å². The maximum absolute atomic E-state index is 13.0. The lowest BCUT2D eigenvalue weighted by Crippen LogP contribution is -2.39. The number of ether oxygens (including phenoxy) is 1. The summed E-state index contributed by atoms with van der Waals surface area (Å²) in [5.41, 5.74) is 4.58. The van der Waals surface area contributed by atoms with E-state index < -0.39 is 6.10 Å². The van der Waals surface area contributed by atoms with Gasteiger partial charge in [0.15, 0.2) is 6.10 Å². The van der Waals surface area contributed by atoms with E-state index in [1.807, 2.05) is 42.5 Å². The fraction of sp³-hybridized carbons (Fsp3) is 0.296. The van der Waals surface area contributed by atoms with Crippen molar-refractivity contribution in [3.63, 3.8) is 0 Å². The Morgan fingerprint density at radius 1 is 0.833 bits per heavy atom. The molecule has 0 saturated carbocycles. The molecule has 0 unspecified atom stereocenters. The number of hydrogen-bond acceptors (Lipinski definition) is 2. The van der Waals surface area contributed by atoms with Crippen LogP contribution in [0.3, 0.4) is 0 Å². The largest absolute Gasteiger partial charge is 0.481 e. The fourth-order valence-corrected chi connectivity index (χ4v) is 3.31. The van der Waals surface area contributed by atoms with Crippen LogP contribution in [0.5, 0.6) is 5.75 Å². The molecular formula is C27H31NO2. The zero-order valence-corrected chi connectivity index (χ0v) is 18.5. The highest BCUT2D eigenvalue weighted by atomic mass is 16.5. The van der Waals surface area contributed by atoms with Gasteiger partial charge >= 0.3 is 0 Å². The van der Waals surface area contributed by atoms with Crippen LogP contribution in [0.2, 0.25) is 0 Å². The lowest BCUT2D eigenvalue weighted by molar-refractivity contribution is -0.127. The van der Waals surface area contributed by atoms with Crippen LogP contribution < -0.4 is 10.1 Å². The second-order valence-electron chi connectivity index (χ2n) is 8.80. The van der Waals surface area contributed by atoms with E-state index in [1.165, 1.54) is 11.1 Å². The molecule has 0 saturated heterocycles. The summed E-state index contributed by atoms with van der Waals surface area (Å²) in [6, 6.07) is 26.0. The van der Waals surface area contributed by atoms with E-state index in [0.29, 0.717) is 5.75 Å². The summed E-state index contributed by atoms with van der Waals surface area (Å²) in [7, 11) is 0. The van der Waals surface area contributed by atoms with Gasteiger partial charge in [0.1, 0.15) is 5.75 Å². The van der Waals surface area contributed by atoms with E-state index in [0.717, 1.165) is 11.1 Å². The van der Waals surface area contributed by atoms with E-state index in [9.17, 15) is 4.79 Å². The average molecular weight is 402 g/mol. The summed E-state index contributed by atoms with van der Waals surface area (Å²) >= 11 is 0. The van der Waals surface area contributed by atoms with Gasteiger partial charge in [0.2, 0.25) is 0 Å². The minimum atomic E-state index is -0.609. The SMILES string of the molecule is Cc1ccc([C@H](NC(=O)[C@@H](C)Oc2ccc(C(C)(C)C)cc2)c2ccccc2)cc1. The van der Waals surface area contributed by atoms with E-state index in [1.54, 1.807) is 6.92 Å². The van der Waals surface area contributed by atoms with Gasteiger partial charge in [-0.05, 0) is 48.1 Å². The van der Waals surface area contributed by atoms with Crippen molar-refractivity contribution >= 4 is 5.91 Å². The number of nitrogens with one attached hydrogen (secondary N) is 1. The Kier molecular flexibility index (Phi) is 6.61. The molecule has 0 heterocycles. The Hall–Kier alpha value is -3.07. The summed E-state index contributed by atoms with van der Waals surface area (Å²) < 4.78 is 5.92. The second kappa shape index (κ2) is 9.17. The van der Waals surface area contributed by atoms with Crippen molar-refractivity contribution in [2.45, 2.75) is 52.2 Å². The minimum Gasteiger partial charge on any atom is -0.481 e. The molecule has 0 spiro atoms. The Morgan fingerprint density at radius 3 is 1.97 bits per heavy atom. The maximum Gasteiger partial charge on any atom is 0.261 e. The van der Waals surface area contributed by atoms with Gasteiger partial charge in [-0.1, -0.05) is 93.1 Å². The highest BCUT2D eigenvalue weighted by molar-refractivity contribution is 5.81. The van der Waals surface area contributed by atoms with E-state index >= 15 is 0 Å². The minimum absolute atomic E-state index is 0.0818. The third-order valence-corrected chi connectivity index (χ3v) is 5.23. The normalized spacial score (nSPS) is 13.4. The smallest absolute Gasteiger partial charge is 0.261 e. The molecule has 3 nitrogen and oxygen atoms in total. The highest BCUT2D eigenvalue weighted by Crippen LogP contribution is 2.25. The quantitative estimate of drug-likeness (QED) is 0.553. The van der Waals surface area contributed by atoms with Gasteiger partial charge in [0.25, 0.3) is 5.91 Å². The first-order chi connectivity index (χ1) is 14.2. The van der Waals surface area contributed by atoms with Crippen molar-refractivity contribution < 1.29 is 9.53 Å². The van der Waals surface area contributed by atoms with Crippen molar-refractivity contribution in [1.82, 2.24) is 5.32 Å². The van der Waals surface area contributed by atoms with Crippen LogP contribution in [0.4, 0.5) is 0 Å². The summed E-state index contributed by atoms with van der Waals surface area (Å²) in [5.74, 6) is 0.543. The molecule has 0 radical (unpaired) electrons. The number of aryl methyl sites for hydroxylation is 1. The third kappa shape index (κ3) is 5.50. The standard InChI is InChI=1S/C27H31NO2/c1-19-11-13-22(14-12-19)25(21-9-7-6-8-10-21)28-26(29)20(2)30-24-17-15-23(16-18-24)27(3,4)5/h6-18,20,25H,1-5H3,(H,28,29)/t20-,25-/m1/s1. The Bertz CT molecular complexity index is 954. The van der Waals surface area contributed by atoms with Crippen LogP contribution in [0.25, 0.3) is 0 Å². The van der Waals surface area contributed by atoms with E-state index in [-0.39, 0.29) is 17.4 Å². The van der Waals surface area contributed by atoms with Gasteiger partial charge in [-0.2, -0.15) is 0 Å². The lowest BCUT2D eigenvalue weighted by atomic mass is 9.87.